The van der Waals surface area contributed by atoms with Gasteiger partial charge in [0.15, 0.2) is 11.6 Å². The first-order valence-electron chi connectivity index (χ1n) is 13.1. The molecule has 0 amide bonds. The molecule has 188 valence electrons. The molecule has 0 aromatic heterocycles. The summed E-state index contributed by atoms with van der Waals surface area (Å²) in [5.74, 6) is 0.688. The second kappa shape index (κ2) is 8.42. The van der Waals surface area contributed by atoms with Crippen LogP contribution in [0.1, 0.15) is 60.7 Å². The second-order valence-electron chi connectivity index (χ2n) is 10.7. The Morgan fingerprint density at radius 1 is 0.658 bits per heavy atom. The van der Waals surface area contributed by atoms with Crippen molar-refractivity contribution in [3.8, 4) is 11.5 Å². The molecule has 1 saturated carbocycles. The second-order valence-corrected chi connectivity index (χ2v) is 10.7. The van der Waals surface area contributed by atoms with Crippen LogP contribution in [0.3, 0.4) is 0 Å². The van der Waals surface area contributed by atoms with E-state index >= 15 is 0 Å². The molecule has 4 aromatic rings. The van der Waals surface area contributed by atoms with Crippen molar-refractivity contribution in [3.63, 3.8) is 0 Å². The lowest BCUT2D eigenvalue weighted by Crippen LogP contribution is -2.38. The summed E-state index contributed by atoms with van der Waals surface area (Å²) < 4.78 is 11.0. The fourth-order valence-electron chi connectivity index (χ4n) is 7.81. The zero-order valence-corrected chi connectivity index (χ0v) is 21.4. The van der Waals surface area contributed by atoms with E-state index in [-0.39, 0.29) is 35.2 Å². The fourth-order valence-corrected chi connectivity index (χ4v) is 7.81. The minimum Gasteiger partial charge on any atom is -0.497 e. The lowest BCUT2D eigenvalue weighted by molar-refractivity contribution is 0.0745. The van der Waals surface area contributed by atoms with Crippen LogP contribution in [0.4, 0.5) is 0 Å². The van der Waals surface area contributed by atoms with Gasteiger partial charge in [-0.2, -0.15) is 0 Å². The van der Waals surface area contributed by atoms with Gasteiger partial charge in [0.2, 0.25) is 0 Å². The Hall–Kier alpha value is -4.18. The first-order chi connectivity index (χ1) is 18.6. The maximum absolute atomic E-state index is 14.8. The summed E-state index contributed by atoms with van der Waals surface area (Å²) in [6, 6.07) is 32.2. The highest BCUT2D eigenvalue weighted by Crippen LogP contribution is 2.72. The number of carbonyl (C=O) groups is 2. The predicted molar refractivity (Wildman–Crippen MR) is 145 cm³/mol. The number of ether oxygens (including phenoxy) is 2. The van der Waals surface area contributed by atoms with Gasteiger partial charge in [-0.15, -0.1) is 0 Å². The smallest absolute Gasteiger partial charge is 0.171 e. The number of carbonyl (C=O) groups excluding carboxylic acids is 2. The first-order valence-corrected chi connectivity index (χ1v) is 13.1. The van der Waals surface area contributed by atoms with Crippen LogP contribution in [0.2, 0.25) is 0 Å². The van der Waals surface area contributed by atoms with Crippen molar-refractivity contribution in [1.29, 1.82) is 0 Å². The lowest BCUT2D eigenvalue weighted by atomic mass is 9.62. The van der Waals surface area contributed by atoms with Gasteiger partial charge in [-0.1, -0.05) is 72.8 Å². The molecule has 0 saturated heterocycles. The van der Waals surface area contributed by atoms with E-state index in [1.165, 1.54) is 0 Å². The standard InChI is InChI=1S/C34H28O4/c1-37-23-14-13-22-19-34(33(36)26(22)17-23)30(20-9-5-3-6-10-20)28-25-16-15-24(38-2)18-27(25)32(35)29(28)31(34)21-11-7-4-8-12-21/h3-18,28-31H,19H2,1-2H3/t28?,29?,30-,31-,34?/m1/s1. The number of ketones is 2. The summed E-state index contributed by atoms with van der Waals surface area (Å²) in [5.41, 5.74) is 4.84. The fraction of sp³-hybridized carbons (Fsp3) is 0.235. The van der Waals surface area contributed by atoms with Gasteiger partial charge in [0.1, 0.15) is 11.5 Å². The Kier molecular flexibility index (Phi) is 5.09. The predicted octanol–water partition coefficient (Wildman–Crippen LogP) is 6.61. The van der Waals surface area contributed by atoms with Crippen LogP contribution in [0.5, 0.6) is 11.5 Å². The number of hydrogen-bond donors (Lipinski definition) is 0. The van der Waals surface area contributed by atoms with Gasteiger partial charge in [0, 0.05) is 34.8 Å². The van der Waals surface area contributed by atoms with Gasteiger partial charge in [-0.3, -0.25) is 9.59 Å². The van der Waals surface area contributed by atoms with Crippen LogP contribution in [0.25, 0.3) is 0 Å². The summed E-state index contributed by atoms with van der Waals surface area (Å²) in [7, 11) is 3.25. The Labute approximate surface area is 222 Å². The summed E-state index contributed by atoms with van der Waals surface area (Å²) in [6.45, 7) is 0. The zero-order valence-electron chi connectivity index (χ0n) is 21.4. The van der Waals surface area contributed by atoms with Crippen LogP contribution in [-0.2, 0) is 6.42 Å². The number of Topliss-reactive ketones (excluding diaryl/α,β-unsaturated/α-hetero) is 2. The molecule has 0 heterocycles. The summed E-state index contributed by atoms with van der Waals surface area (Å²) in [6.07, 6.45) is 0.593. The number of methoxy groups -OCH3 is 2. The third-order valence-corrected chi connectivity index (χ3v) is 9.19. The highest BCUT2D eigenvalue weighted by atomic mass is 16.5. The quantitative estimate of drug-likeness (QED) is 0.317. The molecule has 0 aliphatic heterocycles. The van der Waals surface area contributed by atoms with Crippen molar-refractivity contribution in [2.75, 3.05) is 14.2 Å². The van der Waals surface area contributed by atoms with Crippen LogP contribution < -0.4 is 9.47 Å². The molecule has 4 aromatic carbocycles. The Morgan fingerprint density at radius 3 is 1.82 bits per heavy atom. The van der Waals surface area contributed by atoms with E-state index < -0.39 is 5.41 Å². The highest BCUT2D eigenvalue weighted by molar-refractivity contribution is 6.11. The number of rotatable bonds is 4. The summed E-state index contributed by atoms with van der Waals surface area (Å²) in [4.78, 5) is 29.2. The molecule has 0 bridgehead atoms. The minimum atomic E-state index is -0.792. The van der Waals surface area contributed by atoms with E-state index in [0.717, 1.165) is 27.8 Å². The lowest BCUT2D eigenvalue weighted by Gasteiger charge is -2.38. The third-order valence-electron chi connectivity index (χ3n) is 9.19. The van der Waals surface area contributed by atoms with Crippen LogP contribution in [0.15, 0.2) is 97.1 Å². The van der Waals surface area contributed by atoms with Gasteiger partial charge >= 0.3 is 0 Å². The molecule has 0 N–H and O–H groups in total. The molecule has 38 heavy (non-hydrogen) atoms. The van der Waals surface area contributed by atoms with Crippen molar-refractivity contribution >= 4 is 11.6 Å². The number of hydrogen-bond acceptors (Lipinski definition) is 4. The first kappa shape index (κ1) is 23.0. The van der Waals surface area contributed by atoms with E-state index in [1.54, 1.807) is 14.2 Å². The molecule has 4 nitrogen and oxygen atoms in total. The normalized spacial score (nSPS) is 26.8. The van der Waals surface area contributed by atoms with Crippen LogP contribution >= 0.6 is 0 Å². The number of fused-ring (bicyclic) bond motifs is 4. The van der Waals surface area contributed by atoms with Gasteiger partial charge in [0.05, 0.1) is 19.6 Å². The van der Waals surface area contributed by atoms with Crippen LogP contribution in [0, 0.1) is 11.3 Å². The van der Waals surface area contributed by atoms with Gasteiger partial charge < -0.3 is 9.47 Å². The highest BCUT2D eigenvalue weighted by Gasteiger charge is 2.70. The molecule has 5 atom stereocenters. The molecule has 0 radical (unpaired) electrons. The monoisotopic (exact) mass is 500 g/mol. The minimum absolute atomic E-state index is 0.108. The maximum atomic E-state index is 14.8. The Bertz CT molecular complexity index is 1580. The molecular formula is C34H28O4. The van der Waals surface area contributed by atoms with Crippen molar-refractivity contribution in [1.82, 2.24) is 0 Å². The van der Waals surface area contributed by atoms with Crippen molar-refractivity contribution in [2.24, 2.45) is 11.3 Å². The van der Waals surface area contributed by atoms with Crippen molar-refractivity contribution < 1.29 is 19.1 Å². The average molecular weight is 501 g/mol. The van der Waals surface area contributed by atoms with E-state index in [4.69, 9.17) is 9.47 Å². The molecule has 7 rings (SSSR count). The largest absolute Gasteiger partial charge is 0.497 e. The van der Waals surface area contributed by atoms with E-state index in [1.807, 2.05) is 72.8 Å². The molecule has 1 fully saturated rings. The van der Waals surface area contributed by atoms with E-state index in [9.17, 15) is 9.59 Å². The van der Waals surface area contributed by atoms with Gasteiger partial charge in [-0.05, 0) is 52.9 Å². The molecular weight excluding hydrogens is 472 g/mol. The third kappa shape index (κ3) is 2.97. The SMILES string of the molecule is COc1ccc2c(c1)C(=O)C1(C2)[C@H](c2ccccc2)C2C(=O)c3cc(OC)ccc3C2[C@H]1c1ccccc1. The van der Waals surface area contributed by atoms with Crippen molar-refractivity contribution in [2.45, 2.75) is 24.2 Å². The zero-order chi connectivity index (χ0) is 26.0. The molecule has 3 unspecified atom stereocenters. The average Bonchev–Trinajstić information content (AvgIpc) is 3.54. The molecule has 3 aliphatic carbocycles. The Balaban J connectivity index is 1.53. The van der Waals surface area contributed by atoms with E-state index in [2.05, 4.69) is 24.3 Å². The van der Waals surface area contributed by atoms with Gasteiger partial charge in [-0.25, -0.2) is 0 Å². The van der Waals surface area contributed by atoms with E-state index in [0.29, 0.717) is 23.5 Å². The van der Waals surface area contributed by atoms with Crippen LogP contribution in [-0.4, -0.2) is 25.8 Å². The Morgan fingerprint density at radius 2 is 1.21 bits per heavy atom. The molecule has 3 aliphatic rings. The van der Waals surface area contributed by atoms with Gasteiger partial charge in [0.25, 0.3) is 0 Å². The summed E-state index contributed by atoms with van der Waals surface area (Å²) in [5, 5.41) is 0. The molecule has 1 spiro atoms. The molecule has 4 heteroatoms. The number of benzene rings is 4. The summed E-state index contributed by atoms with van der Waals surface area (Å²) >= 11 is 0. The topological polar surface area (TPSA) is 52.6 Å². The maximum Gasteiger partial charge on any atom is 0.171 e. The van der Waals surface area contributed by atoms with Crippen molar-refractivity contribution in [3.05, 3.63) is 130 Å².